The van der Waals surface area contributed by atoms with Crippen molar-refractivity contribution in [1.29, 1.82) is 0 Å². The molecule has 1 unspecified atom stereocenters. The Morgan fingerprint density at radius 3 is 2.29 bits per heavy atom. The number of furan rings is 1. The number of benzene rings is 1. The summed E-state index contributed by atoms with van der Waals surface area (Å²) in [4.78, 5) is 4.46. The van der Waals surface area contributed by atoms with Crippen LogP contribution >= 0.6 is 24.8 Å². The van der Waals surface area contributed by atoms with E-state index in [4.69, 9.17) is 4.42 Å². The van der Waals surface area contributed by atoms with Crippen molar-refractivity contribution in [1.82, 2.24) is 9.80 Å². The van der Waals surface area contributed by atoms with Crippen LogP contribution in [-0.2, 0) is 6.54 Å². The van der Waals surface area contributed by atoms with Gasteiger partial charge in [0.25, 0.3) is 0 Å². The highest BCUT2D eigenvalue weighted by atomic mass is 35.5. The fourth-order valence-electron chi connectivity index (χ4n) is 2.81. The lowest BCUT2D eigenvalue weighted by atomic mass is 10.1. The normalized spacial score (nSPS) is 16.9. The lowest BCUT2D eigenvalue weighted by Crippen LogP contribution is -2.47. The van der Waals surface area contributed by atoms with Gasteiger partial charge in [-0.25, -0.2) is 4.39 Å². The molecule has 24 heavy (non-hydrogen) atoms. The molecular weight excluding hydrogens is 354 g/mol. The molecule has 1 aromatic heterocycles. The van der Waals surface area contributed by atoms with Gasteiger partial charge < -0.3 is 9.52 Å². The fraction of sp³-hybridized carbons (Fsp3) is 0.412. The summed E-state index contributed by atoms with van der Waals surface area (Å²) in [6.45, 7) is 4.69. The van der Waals surface area contributed by atoms with E-state index in [0.717, 1.165) is 31.7 Å². The van der Waals surface area contributed by atoms with E-state index in [1.54, 1.807) is 24.5 Å². The molecule has 7 heteroatoms. The molecule has 2 aromatic rings. The van der Waals surface area contributed by atoms with Crippen molar-refractivity contribution >= 4 is 24.8 Å². The lowest BCUT2D eigenvalue weighted by Gasteiger charge is -2.35. The van der Waals surface area contributed by atoms with E-state index in [0.29, 0.717) is 18.8 Å². The van der Waals surface area contributed by atoms with Gasteiger partial charge >= 0.3 is 0 Å². The minimum Gasteiger partial charge on any atom is -0.467 e. The molecule has 0 spiro atoms. The van der Waals surface area contributed by atoms with Gasteiger partial charge in [0.2, 0.25) is 0 Å². The fourth-order valence-corrected chi connectivity index (χ4v) is 2.81. The van der Waals surface area contributed by atoms with E-state index in [9.17, 15) is 9.50 Å². The molecule has 1 aliphatic heterocycles. The summed E-state index contributed by atoms with van der Waals surface area (Å²) in [7, 11) is 0. The van der Waals surface area contributed by atoms with Crippen LogP contribution in [0.4, 0.5) is 4.39 Å². The molecule has 0 amide bonds. The molecule has 1 aromatic carbocycles. The number of halogens is 3. The summed E-state index contributed by atoms with van der Waals surface area (Å²) in [6.07, 6.45) is 0.985. The van der Waals surface area contributed by atoms with E-state index in [-0.39, 0.29) is 30.6 Å². The van der Waals surface area contributed by atoms with E-state index in [1.165, 1.54) is 6.07 Å². The summed E-state index contributed by atoms with van der Waals surface area (Å²) >= 11 is 0. The van der Waals surface area contributed by atoms with Crippen molar-refractivity contribution in [2.24, 2.45) is 0 Å². The Bertz CT molecular complexity index is 590. The molecule has 1 fully saturated rings. The maximum atomic E-state index is 13.7. The van der Waals surface area contributed by atoms with Gasteiger partial charge in [-0.3, -0.25) is 9.80 Å². The third-order valence-corrected chi connectivity index (χ3v) is 4.12. The molecule has 0 saturated carbocycles. The zero-order valence-corrected chi connectivity index (χ0v) is 14.9. The maximum Gasteiger partial charge on any atom is 0.133 e. The van der Waals surface area contributed by atoms with Crippen LogP contribution < -0.4 is 0 Å². The van der Waals surface area contributed by atoms with Gasteiger partial charge in [0, 0.05) is 44.8 Å². The van der Waals surface area contributed by atoms with E-state index < -0.39 is 6.10 Å². The quantitative estimate of drug-likeness (QED) is 0.869. The van der Waals surface area contributed by atoms with Crippen molar-refractivity contribution in [3.8, 4) is 0 Å². The molecule has 0 aliphatic carbocycles. The Morgan fingerprint density at radius 1 is 1.00 bits per heavy atom. The molecule has 1 saturated heterocycles. The topological polar surface area (TPSA) is 39.9 Å². The monoisotopic (exact) mass is 376 g/mol. The molecule has 1 aliphatic rings. The van der Waals surface area contributed by atoms with Crippen molar-refractivity contribution in [2.45, 2.75) is 12.6 Å². The number of hydrogen-bond acceptors (Lipinski definition) is 4. The number of β-amino-alcohol motifs (C(OH)–C–C–N with tert-alkyl or cyclic N) is 1. The molecule has 0 radical (unpaired) electrons. The predicted molar refractivity (Wildman–Crippen MR) is 96.3 cm³/mol. The molecule has 1 atom stereocenters. The van der Waals surface area contributed by atoms with Crippen molar-refractivity contribution in [3.05, 3.63) is 59.8 Å². The predicted octanol–water partition coefficient (Wildman–Crippen LogP) is 3.11. The third-order valence-electron chi connectivity index (χ3n) is 4.12. The Morgan fingerprint density at radius 2 is 1.67 bits per heavy atom. The zero-order chi connectivity index (χ0) is 15.4. The highest BCUT2D eigenvalue weighted by Gasteiger charge is 2.21. The van der Waals surface area contributed by atoms with Crippen LogP contribution in [0.3, 0.4) is 0 Å². The molecular formula is C17H23Cl2FN2O2. The van der Waals surface area contributed by atoms with Gasteiger partial charge in [-0.05, 0) is 18.2 Å². The summed E-state index contributed by atoms with van der Waals surface area (Å²) in [5, 5.41) is 10.1. The van der Waals surface area contributed by atoms with Crippen molar-refractivity contribution < 1.29 is 13.9 Å². The standard InChI is InChI=1S/C17H21FN2O2.2ClH/c18-15-5-2-1-4-14(15)12-19-7-9-20(10-8-19)13-16(21)17-6-3-11-22-17;;/h1-6,11,16,21H,7-10,12-13H2;2*1H. The first kappa shape index (κ1) is 20.9. The first-order valence-electron chi connectivity index (χ1n) is 7.62. The van der Waals surface area contributed by atoms with E-state index in [2.05, 4.69) is 9.80 Å². The van der Waals surface area contributed by atoms with E-state index in [1.807, 2.05) is 12.1 Å². The van der Waals surface area contributed by atoms with Gasteiger partial charge in [-0.1, -0.05) is 18.2 Å². The Kier molecular flexibility index (Phi) is 8.73. The molecule has 0 bridgehead atoms. The highest BCUT2D eigenvalue weighted by Crippen LogP contribution is 2.17. The number of nitrogens with zero attached hydrogens (tertiary/aromatic N) is 2. The third kappa shape index (κ3) is 5.46. The Labute approximate surface area is 154 Å². The zero-order valence-electron chi connectivity index (χ0n) is 13.3. The average molecular weight is 377 g/mol. The Hall–Kier alpha value is -1.11. The molecule has 3 rings (SSSR count). The summed E-state index contributed by atoms with van der Waals surface area (Å²) < 4.78 is 18.9. The molecule has 4 nitrogen and oxygen atoms in total. The maximum absolute atomic E-state index is 13.7. The van der Waals surface area contributed by atoms with Crippen LogP contribution in [-0.4, -0.2) is 47.6 Å². The lowest BCUT2D eigenvalue weighted by molar-refractivity contribution is 0.0595. The second-order valence-electron chi connectivity index (χ2n) is 5.70. The van der Waals surface area contributed by atoms with Crippen LogP contribution in [0.2, 0.25) is 0 Å². The minimum absolute atomic E-state index is 0. The van der Waals surface area contributed by atoms with Gasteiger partial charge in [0.1, 0.15) is 17.7 Å². The van der Waals surface area contributed by atoms with Crippen LogP contribution in [0.5, 0.6) is 0 Å². The first-order valence-corrected chi connectivity index (χ1v) is 7.62. The van der Waals surface area contributed by atoms with Crippen LogP contribution in [0, 0.1) is 5.82 Å². The minimum atomic E-state index is -0.590. The van der Waals surface area contributed by atoms with Crippen LogP contribution in [0.15, 0.2) is 47.1 Å². The van der Waals surface area contributed by atoms with Crippen molar-refractivity contribution in [3.63, 3.8) is 0 Å². The number of aliphatic hydroxyl groups is 1. The molecule has 134 valence electrons. The average Bonchev–Trinajstić information content (AvgIpc) is 3.06. The SMILES string of the molecule is Cl.Cl.OC(CN1CCN(Cc2ccccc2F)CC1)c1ccco1. The second-order valence-corrected chi connectivity index (χ2v) is 5.70. The number of rotatable bonds is 5. The summed E-state index contributed by atoms with van der Waals surface area (Å²) in [5.41, 5.74) is 0.742. The van der Waals surface area contributed by atoms with Gasteiger partial charge in [0.05, 0.1) is 6.26 Å². The van der Waals surface area contributed by atoms with Gasteiger partial charge in [-0.2, -0.15) is 0 Å². The van der Waals surface area contributed by atoms with Gasteiger partial charge in [-0.15, -0.1) is 24.8 Å². The molecule has 1 N–H and O–H groups in total. The van der Waals surface area contributed by atoms with Crippen molar-refractivity contribution in [2.75, 3.05) is 32.7 Å². The van der Waals surface area contributed by atoms with Crippen LogP contribution in [0.1, 0.15) is 17.4 Å². The molecule has 2 heterocycles. The largest absolute Gasteiger partial charge is 0.467 e. The first-order chi connectivity index (χ1) is 10.7. The summed E-state index contributed by atoms with van der Waals surface area (Å²) in [6, 6.07) is 10.5. The number of aliphatic hydroxyl groups excluding tert-OH is 1. The Balaban J connectivity index is 0.00000144. The smallest absolute Gasteiger partial charge is 0.133 e. The van der Waals surface area contributed by atoms with Crippen LogP contribution in [0.25, 0.3) is 0 Å². The second kappa shape index (κ2) is 10.0. The number of piperazine rings is 1. The highest BCUT2D eigenvalue weighted by molar-refractivity contribution is 5.85. The van der Waals surface area contributed by atoms with Gasteiger partial charge in [0.15, 0.2) is 0 Å². The van der Waals surface area contributed by atoms with E-state index >= 15 is 0 Å². The number of hydrogen-bond donors (Lipinski definition) is 1. The summed E-state index contributed by atoms with van der Waals surface area (Å²) in [5.74, 6) is 0.465.